The van der Waals surface area contributed by atoms with Gasteiger partial charge in [-0.15, -0.1) is 0 Å². The molecule has 1 heterocycles. The highest BCUT2D eigenvalue weighted by Gasteiger charge is 2.20. The number of hydrogen-bond acceptors (Lipinski definition) is 3. The molecule has 1 aromatic heterocycles. The number of aromatic nitrogens is 1. The molecule has 1 aliphatic rings. The van der Waals surface area contributed by atoms with Crippen LogP contribution in [0.2, 0.25) is 0 Å². The van der Waals surface area contributed by atoms with Gasteiger partial charge >= 0.3 is 6.16 Å². The van der Waals surface area contributed by atoms with Gasteiger partial charge in [-0.1, -0.05) is 72.8 Å². The topological polar surface area (TPSA) is 71.5 Å². The maximum atomic E-state index is 11.5. The van der Waals surface area contributed by atoms with Gasteiger partial charge in [0.05, 0.1) is 12.1 Å². The number of aromatic amines is 1. The minimum absolute atomic E-state index is 0.296. The highest BCUT2D eigenvalue weighted by molar-refractivity contribution is 5.98. The molecule has 4 aromatic carbocycles. The summed E-state index contributed by atoms with van der Waals surface area (Å²) >= 11 is 0. The maximum absolute atomic E-state index is 11.5. The van der Waals surface area contributed by atoms with Gasteiger partial charge in [0.15, 0.2) is 0 Å². The van der Waals surface area contributed by atoms with Crippen molar-refractivity contribution in [3.8, 4) is 22.8 Å². The minimum atomic E-state index is -1.32. The Morgan fingerprint density at radius 2 is 1.59 bits per heavy atom. The molecule has 0 amide bonds. The fourth-order valence-corrected chi connectivity index (χ4v) is 5.68. The van der Waals surface area contributed by atoms with Crippen molar-refractivity contribution in [3.63, 3.8) is 0 Å². The zero-order valence-electron chi connectivity index (χ0n) is 20.6. The first-order chi connectivity index (χ1) is 18.2. The Bertz CT molecular complexity index is 1590. The van der Waals surface area contributed by atoms with Crippen LogP contribution in [0.3, 0.4) is 0 Å². The largest absolute Gasteiger partial charge is 0.512 e. The molecule has 37 heavy (non-hydrogen) atoms. The van der Waals surface area contributed by atoms with Crippen molar-refractivity contribution in [1.82, 2.24) is 4.98 Å². The fraction of sp³-hybridized carbons (Fsp3) is 0.219. The highest BCUT2D eigenvalue weighted by Crippen LogP contribution is 2.39. The van der Waals surface area contributed by atoms with Gasteiger partial charge in [0.2, 0.25) is 5.88 Å². The third-order valence-corrected chi connectivity index (χ3v) is 7.36. The summed E-state index contributed by atoms with van der Waals surface area (Å²) in [5.41, 5.74) is 6.91. The van der Waals surface area contributed by atoms with Gasteiger partial charge < -0.3 is 19.6 Å². The Hall–Kier alpha value is -4.25. The van der Waals surface area contributed by atoms with Crippen LogP contribution in [0.25, 0.3) is 32.8 Å². The predicted molar refractivity (Wildman–Crippen MR) is 147 cm³/mol. The molecule has 186 valence electrons. The minimum Gasteiger partial charge on any atom is -0.493 e. The Morgan fingerprint density at radius 3 is 2.51 bits per heavy atom. The molecule has 0 saturated carbocycles. The van der Waals surface area contributed by atoms with Crippen molar-refractivity contribution in [2.45, 2.75) is 38.5 Å². The van der Waals surface area contributed by atoms with Gasteiger partial charge in [-0.2, -0.15) is 0 Å². The van der Waals surface area contributed by atoms with Crippen LogP contribution in [0.4, 0.5) is 4.79 Å². The van der Waals surface area contributed by atoms with E-state index in [2.05, 4.69) is 47.4 Å². The van der Waals surface area contributed by atoms with E-state index in [1.807, 2.05) is 36.4 Å². The van der Waals surface area contributed by atoms with Crippen molar-refractivity contribution >= 4 is 27.8 Å². The van der Waals surface area contributed by atoms with Crippen LogP contribution < -0.4 is 9.47 Å². The molecule has 1 aliphatic carbocycles. The second kappa shape index (κ2) is 10.0. The van der Waals surface area contributed by atoms with Crippen LogP contribution in [0, 0.1) is 0 Å². The van der Waals surface area contributed by atoms with Crippen LogP contribution in [0.1, 0.15) is 36.0 Å². The summed E-state index contributed by atoms with van der Waals surface area (Å²) in [6.45, 7) is 0.513. The van der Waals surface area contributed by atoms with Crippen LogP contribution in [-0.2, 0) is 19.3 Å². The smallest absolute Gasteiger partial charge is 0.493 e. The first kappa shape index (κ1) is 23.2. The van der Waals surface area contributed by atoms with E-state index >= 15 is 0 Å². The normalized spacial score (nSPS) is 13.0. The summed E-state index contributed by atoms with van der Waals surface area (Å²) in [6.07, 6.45) is 4.63. The number of hydrogen-bond donors (Lipinski definition) is 2. The first-order valence-corrected chi connectivity index (χ1v) is 12.9. The van der Waals surface area contributed by atoms with E-state index in [9.17, 15) is 9.90 Å². The number of benzene rings is 4. The molecule has 0 radical (unpaired) electrons. The molecule has 0 saturated heterocycles. The molecule has 2 N–H and O–H groups in total. The van der Waals surface area contributed by atoms with E-state index in [0.717, 1.165) is 57.8 Å². The van der Waals surface area contributed by atoms with E-state index in [1.165, 1.54) is 29.5 Å². The molecule has 0 aliphatic heterocycles. The zero-order chi connectivity index (χ0) is 25.2. The molecule has 5 heteroatoms. The lowest BCUT2D eigenvalue weighted by atomic mass is 9.85. The number of para-hydroxylation sites is 1. The van der Waals surface area contributed by atoms with E-state index in [1.54, 1.807) is 0 Å². The second-order valence-corrected chi connectivity index (χ2v) is 9.61. The highest BCUT2D eigenvalue weighted by atomic mass is 16.7. The number of nitrogens with one attached hydrogen (secondary N) is 1. The van der Waals surface area contributed by atoms with Crippen LogP contribution in [0.15, 0.2) is 78.9 Å². The lowest BCUT2D eigenvalue weighted by Gasteiger charge is -2.19. The average Bonchev–Trinajstić information content (AvgIpc) is 3.27. The summed E-state index contributed by atoms with van der Waals surface area (Å²) in [5.74, 6) is 1.15. The van der Waals surface area contributed by atoms with Gasteiger partial charge in [0, 0.05) is 21.9 Å². The monoisotopic (exact) mass is 491 g/mol. The second-order valence-electron chi connectivity index (χ2n) is 9.61. The van der Waals surface area contributed by atoms with Gasteiger partial charge in [-0.05, 0) is 66.7 Å². The molecular weight excluding hydrogens is 462 g/mol. The number of rotatable bonds is 7. The molecule has 0 bridgehead atoms. The number of ether oxygens (including phenoxy) is 2. The zero-order valence-corrected chi connectivity index (χ0v) is 20.6. The average molecular weight is 492 g/mol. The number of carbonyl (C=O) groups is 1. The summed E-state index contributed by atoms with van der Waals surface area (Å²) in [6, 6.07) is 27.0. The van der Waals surface area contributed by atoms with Crippen LogP contribution in [0.5, 0.6) is 11.6 Å². The molecule has 0 unspecified atom stereocenters. The summed E-state index contributed by atoms with van der Waals surface area (Å²) < 4.78 is 11.4. The Morgan fingerprint density at radius 1 is 0.838 bits per heavy atom. The lowest BCUT2D eigenvalue weighted by Crippen LogP contribution is -2.06. The predicted octanol–water partition coefficient (Wildman–Crippen LogP) is 7.94. The van der Waals surface area contributed by atoms with E-state index < -0.39 is 6.16 Å². The number of H-pyrrole nitrogens is 1. The molecule has 5 aromatic rings. The van der Waals surface area contributed by atoms with Crippen molar-refractivity contribution < 1.29 is 19.4 Å². The van der Waals surface area contributed by atoms with E-state index in [-0.39, 0.29) is 0 Å². The summed E-state index contributed by atoms with van der Waals surface area (Å²) in [5, 5.41) is 12.6. The van der Waals surface area contributed by atoms with E-state index in [0.29, 0.717) is 18.9 Å². The molecular formula is C32H29NO4. The quantitative estimate of drug-likeness (QED) is 0.179. The van der Waals surface area contributed by atoms with Crippen molar-refractivity contribution in [1.29, 1.82) is 0 Å². The lowest BCUT2D eigenvalue weighted by molar-refractivity contribution is 0.142. The third-order valence-electron chi connectivity index (χ3n) is 7.36. The molecule has 0 atom stereocenters. The number of aryl methyl sites for hydroxylation is 2. The van der Waals surface area contributed by atoms with Gasteiger partial charge in [0.25, 0.3) is 0 Å². The van der Waals surface area contributed by atoms with Crippen molar-refractivity contribution in [2.75, 3.05) is 6.61 Å². The summed E-state index contributed by atoms with van der Waals surface area (Å²) in [4.78, 5) is 14.8. The van der Waals surface area contributed by atoms with Crippen LogP contribution >= 0.6 is 0 Å². The standard InChI is InChI=1S/C32H29NO4/c34-32(35)37-31-28(18-8-20-36-29-19-6-12-22-10-2-4-14-24(22)29)27-17-7-16-26(30(27)33-31)25-15-5-11-21-9-1-3-13-23(21)25/h2,4-7,10-12,14-17,19,33H,1,3,8-9,13,18,20H2,(H,34,35). The first-order valence-electron chi connectivity index (χ1n) is 12.9. The molecule has 0 spiro atoms. The fourth-order valence-electron chi connectivity index (χ4n) is 5.68. The summed E-state index contributed by atoms with van der Waals surface area (Å²) in [7, 11) is 0. The number of fused-ring (bicyclic) bond motifs is 3. The third kappa shape index (κ3) is 4.53. The molecule has 0 fully saturated rings. The molecule has 6 rings (SSSR count). The maximum Gasteiger partial charge on any atom is 0.512 e. The van der Waals surface area contributed by atoms with Gasteiger partial charge in [0.1, 0.15) is 5.75 Å². The SMILES string of the molecule is O=C(O)Oc1[nH]c2c(-c3cccc4c3CCCC4)cccc2c1CCCOc1cccc2ccccc12. The Kier molecular flexibility index (Phi) is 6.27. The Labute approximate surface area is 215 Å². The van der Waals surface area contributed by atoms with Gasteiger partial charge in [-0.3, -0.25) is 0 Å². The van der Waals surface area contributed by atoms with Crippen molar-refractivity contribution in [2.24, 2.45) is 0 Å². The number of carboxylic acid groups (broad SMARTS) is 1. The van der Waals surface area contributed by atoms with Crippen molar-refractivity contribution in [3.05, 3.63) is 95.6 Å². The Balaban J connectivity index is 1.30. The van der Waals surface area contributed by atoms with Crippen LogP contribution in [-0.4, -0.2) is 22.9 Å². The van der Waals surface area contributed by atoms with E-state index in [4.69, 9.17) is 9.47 Å². The van der Waals surface area contributed by atoms with Gasteiger partial charge in [-0.25, -0.2) is 4.79 Å². The molecule has 5 nitrogen and oxygen atoms in total.